The Kier molecular flexibility index (Phi) is 2.18. The van der Waals surface area contributed by atoms with Crippen molar-refractivity contribution >= 4 is 28.6 Å². The van der Waals surface area contributed by atoms with Crippen LogP contribution >= 0.6 is 15.9 Å². The molecule has 0 radical (unpaired) electrons. The second-order valence-corrected chi connectivity index (χ2v) is 3.91. The van der Waals surface area contributed by atoms with Gasteiger partial charge in [0.25, 0.3) is 0 Å². The normalized spacial score (nSPS) is 14.7. The number of halogens is 1. The van der Waals surface area contributed by atoms with Crippen LogP contribution in [0.15, 0.2) is 28.6 Å². The molecule has 1 aromatic carbocycles. The Balaban J connectivity index is 2.54. The van der Waals surface area contributed by atoms with Gasteiger partial charge in [-0.15, -0.1) is 0 Å². The van der Waals surface area contributed by atoms with Crippen LogP contribution in [0.5, 0.6) is 5.75 Å². The molecule has 0 aliphatic carbocycles. The smallest absolute Gasteiger partial charge is 0.532 e. The van der Waals surface area contributed by atoms with Crippen LogP contribution in [0.25, 0.3) is 5.57 Å². The van der Waals surface area contributed by atoms with Crippen molar-refractivity contribution in [2.75, 3.05) is 0 Å². The van der Waals surface area contributed by atoms with E-state index in [0.717, 1.165) is 21.4 Å². The molecule has 0 bridgehead atoms. The van der Waals surface area contributed by atoms with Crippen LogP contribution in [0, 0.1) is 0 Å². The zero-order chi connectivity index (χ0) is 9.42. The lowest BCUT2D eigenvalue weighted by atomic mass is 9.82. The Morgan fingerprint density at radius 1 is 1.46 bits per heavy atom. The van der Waals surface area contributed by atoms with E-state index >= 15 is 0 Å². The van der Waals surface area contributed by atoms with Gasteiger partial charge in [0.1, 0.15) is 5.75 Å². The fourth-order valence-corrected chi connectivity index (χ4v) is 1.74. The summed E-state index contributed by atoms with van der Waals surface area (Å²) in [7, 11) is -0.811. The number of allylic oxidation sites excluding steroid dienone is 1. The maximum Gasteiger partial charge on any atom is 0.552 e. The number of benzene rings is 1. The van der Waals surface area contributed by atoms with E-state index in [0.29, 0.717) is 0 Å². The summed E-state index contributed by atoms with van der Waals surface area (Å²) in [5, 5.41) is 9.29. The van der Waals surface area contributed by atoms with Gasteiger partial charge in [0, 0.05) is 10.0 Å². The molecule has 0 aromatic heterocycles. The zero-order valence-corrected chi connectivity index (χ0v) is 8.71. The molecule has 0 saturated carbocycles. The summed E-state index contributed by atoms with van der Waals surface area (Å²) in [6.07, 6.45) is 0. The van der Waals surface area contributed by atoms with Gasteiger partial charge in [-0.3, -0.25) is 0 Å². The predicted molar refractivity (Wildman–Crippen MR) is 56.4 cm³/mol. The van der Waals surface area contributed by atoms with Crippen molar-refractivity contribution < 1.29 is 9.68 Å². The highest BCUT2D eigenvalue weighted by Crippen LogP contribution is 2.32. The van der Waals surface area contributed by atoms with Crippen molar-refractivity contribution in [2.45, 2.75) is 6.92 Å². The molecular formula is C9H8BBrO2. The van der Waals surface area contributed by atoms with Gasteiger partial charge in [0.2, 0.25) is 0 Å². The molecule has 0 spiro atoms. The predicted octanol–water partition coefficient (Wildman–Crippen LogP) is 2.26. The quantitative estimate of drug-likeness (QED) is 0.703. The molecule has 1 aliphatic heterocycles. The lowest BCUT2D eigenvalue weighted by Crippen LogP contribution is -2.22. The van der Waals surface area contributed by atoms with Crippen LogP contribution < -0.4 is 4.65 Å². The third kappa shape index (κ3) is 1.64. The topological polar surface area (TPSA) is 29.5 Å². The molecule has 0 amide bonds. The Morgan fingerprint density at radius 2 is 2.23 bits per heavy atom. The standard InChI is InChI=1S/C9H8BBrO2/c1-6-5-10(12)13-9-3-2-7(11)4-8(6)9/h2-5,12H,1H3. The SMILES string of the molecule is CC1=CB(O)Oc2ccc(Br)cc21. The van der Waals surface area contributed by atoms with Gasteiger partial charge in [-0.25, -0.2) is 0 Å². The van der Waals surface area contributed by atoms with Crippen LogP contribution in [0.4, 0.5) is 0 Å². The summed E-state index contributed by atoms with van der Waals surface area (Å²) >= 11 is 3.39. The van der Waals surface area contributed by atoms with Crippen LogP contribution in [0.1, 0.15) is 12.5 Å². The van der Waals surface area contributed by atoms with Gasteiger partial charge in [0.15, 0.2) is 0 Å². The lowest BCUT2D eigenvalue weighted by molar-refractivity contribution is 0.428. The first-order valence-corrected chi connectivity index (χ1v) is 4.79. The van der Waals surface area contributed by atoms with Crippen molar-refractivity contribution in [3.63, 3.8) is 0 Å². The van der Waals surface area contributed by atoms with E-state index in [1.54, 1.807) is 5.98 Å². The maximum absolute atomic E-state index is 9.29. The molecular weight excluding hydrogens is 231 g/mol. The van der Waals surface area contributed by atoms with Gasteiger partial charge >= 0.3 is 7.12 Å². The van der Waals surface area contributed by atoms with Crippen molar-refractivity contribution in [3.05, 3.63) is 34.2 Å². The largest absolute Gasteiger partial charge is 0.552 e. The summed E-state index contributed by atoms with van der Waals surface area (Å²) in [5.41, 5.74) is 2.06. The van der Waals surface area contributed by atoms with Crippen molar-refractivity contribution in [2.24, 2.45) is 0 Å². The summed E-state index contributed by atoms with van der Waals surface area (Å²) in [6.45, 7) is 1.96. The second-order valence-electron chi connectivity index (χ2n) is 3.00. The fourth-order valence-electron chi connectivity index (χ4n) is 1.38. The summed E-state index contributed by atoms with van der Waals surface area (Å²) in [4.78, 5) is 0. The Labute approximate surface area is 85.5 Å². The van der Waals surface area contributed by atoms with Crippen molar-refractivity contribution in [3.8, 4) is 5.75 Å². The molecule has 1 heterocycles. The minimum absolute atomic E-state index is 0.732. The first-order valence-electron chi connectivity index (χ1n) is 4.00. The third-order valence-electron chi connectivity index (χ3n) is 2.01. The van der Waals surface area contributed by atoms with Crippen molar-refractivity contribution in [1.29, 1.82) is 0 Å². The van der Waals surface area contributed by atoms with Gasteiger partial charge in [-0.2, -0.15) is 0 Å². The Morgan fingerprint density at radius 3 is 3.00 bits per heavy atom. The molecule has 1 aromatic rings. The molecule has 1 N–H and O–H groups in total. The molecule has 2 rings (SSSR count). The molecule has 0 fully saturated rings. The first-order chi connectivity index (χ1) is 6.16. The number of fused-ring (bicyclic) bond motifs is 1. The molecule has 13 heavy (non-hydrogen) atoms. The van der Waals surface area contributed by atoms with Crippen molar-refractivity contribution in [1.82, 2.24) is 0 Å². The zero-order valence-electron chi connectivity index (χ0n) is 7.12. The van der Waals surface area contributed by atoms with E-state index < -0.39 is 7.12 Å². The Bertz CT molecular complexity index is 376. The number of hydrogen-bond acceptors (Lipinski definition) is 2. The monoisotopic (exact) mass is 238 g/mol. The minimum atomic E-state index is -0.811. The molecule has 0 saturated heterocycles. The van der Waals surface area contributed by atoms with E-state index in [9.17, 15) is 5.02 Å². The average Bonchev–Trinajstić information content (AvgIpc) is 2.06. The highest BCUT2D eigenvalue weighted by Gasteiger charge is 2.21. The molecule has 66 valence electrons. The minimum Gasteiger partial charge on any atom is -0.532 e. The highest BCUT2D eigenvalue weighted by atomic mass is 79.9. The van der Waals surface area contributed by atoms with Crippen LogP contribution in [-0.2, 0) is 0 Å². The lowest BCUT2D eigenvalue weighted by Gasteiger charge is -2.18. The van der Waals surface area contributed by atoms with Crippen LogP contribution in [-0.4, -0.2) is 12.1 Å². The van der Waals surface area contributed by atoms with Gasteiger partial charge in [0.05, 0.1) is 0 Å². The van der Waals surface area contributed by atoms with E-state index in [4.69, 9.17) is 4.65 Å². The van der Waals surface area contributed by atoms with Crippen LogP contribution in [0.3, 0.4) is 0 Å². The summed E-state index contributed by atoms with van der Waals surface area (Å²) in [6, 6.07) is 5.72. The molecule has 0 atom stereocenters. The first kappa shape index (κ1) is 8.85. The molecule has 0 unspecified atom stereocenters. The number of hydrogen-bond donors (Lipinski definition) is 1. The highest BCUT2D eigenvalue weighted by molar-refractivity contribution is 9.10. The molecule has 2 nitrogen and oxygen atoms in total. The fraction of sp³-hybridized carbons (Fsp3) is 0.111. The second kappa shape index (κ2) is 3.20. The van der Waals surface area contributed by atoms with E-state index in [-0.39, 0.29) is 0 Å². The third-order valence-corrected chi connectivity index (χ3v) is 2.50. The van der Waals surface area contributed by atoms with E-state index in [2.05, 4.69) is 15.9 Å². The molecule has 1 aliphatic rings. The average molecular weight is 239 g/mol. The van der Waals surface area contributed by atoms with Gasteiger partial charge < -0.3 is 9.68 Å². The van der Waals surface area contributed by atoms with E-state index in [1.807, 2.05) is 25.1 Å². The maximum atomic E-state index is 9.29. The van der Waals surface area contributed by atoms with Gasteiger partial charge in [-0.1, -0.05) is 15.9 Å². The summed E-state index contributed by atoms with van der Waals surface area (Å²) < 4.78 is 6.23. The molecule has 4 heteroatoms. The summed E-state index contributed by atoms with van der Waals surface area (Å²) in [5.74, 6) is 2.42. The van der Waals surface area contributed by atoms with Crippen LogP contribution in [0.2, 0.25) is 0 Å². The number of rotatable bonds is 0. The Hall–Kier alpha value is -0.735. The van der Waals surface area contributed by atoms with Gasteiger partial charge in [-0.05, 0) is 36.7 Å². The van der Waals surface area contributed by atoms with E-state index in [1.165, 1.54) is 0 Å².